The van der Waals surface area contributed by atoms with Gasteiger partial charge in [-0.1, -0.05) is 30.9 Å². The first-order chi connectivity index (χ1) is 9.22. The number of rotatable bonds is 6. The van der Waals surface area contributed by atoms with Gasteiger partial charge in [-0.15, -0.1) is 0 Å². The quantitative estimate of drug-likeness (QED) is 0.565. The van der Waals surface area contributed by atoms with E-state index in [4.69, 9.17) is 0 Å². The van der Waals surface area contributed by atoms with Crippen LogP contribution in [0.5, 0.6) is 0 Å². The fourth-order valence-corrected chi connectivity index (χ4v) is 2.37. The monoisotopic (exact) mass is 255 g/mol. The standard InChI is InChI=1S/C16H21N3/c1-12(10-17-3)13(2)18-9-8-14-11-19-16-7-5-4-6-15(14)16/h4-7,10-11,15-16,18-19H,2-3,8-9H2,1H3/b12-10+. The first-order valence-corrected chi connectivity index (χ1v) is 6.58. The van der Waals surface area contributed by atoms with E-state index in [-0.39, 0.29) is 0 Å². The van der Waals surface area contributed by atoms with E-state index in [1.165, 1.54) is 5.57 Å². The van der Waals surface area contributed by atoms with Gasteiger partial charge in [0.15, 0.2) is 0 Å². The topological polar surface area (TPSA) is 36.4 Å². The Balaban J connectivity index is 1.79. The van der Waals surface area contributed by atoms with Crippen LogP contribution in [0.15, 0.2) is 65.1 Å². The van der Waals surface area contributed by atoms with E-state index in [9.17, 15) is 0 Å². The first-order valence-electron chi connectivity index (χ1n) is 6.58. The van der Waals surface area contributed by atoms with Crippen molar-refractivity contribution in [2.75, 3.05) is 6.54 Å². The van der Waals surface area contributed by atoms with Crippen LogP contribution in [0.1, 0.15) is 13.3 Å². The summed E-state index contributed by atoms with van der Waals surface area (Å²) in [6.45, 7) is 10.3. The van der Waals surface area contributed by atoms with Crippen molar-refractivity contribution in [3.8, 4) is 0 Å². The average Bonchev–Trinajstić information content (AvgIpc) is 2.82. The SMILES string of the molecule is C=N/C=C(\C)C(=C)NCCC1=CNC2C=CC=CC12. The second-order valence-electron chi connectivity index (χ2n) is 4.86. The zero-order valence-electron chi connectivity index (χ0n) is 11.4. The van der Waals surface area contributed by atoms with Gasteiger partial charge in [0, 0.05) is 24.4 Å². The normalized spacial score (nSPS) is 24.5. The molecule has 1 heterocycles. The van der Waals surface area contributed by atoms with Gasteiger partial charge in [0.05, 0.1) is 6.04 Å². The Kier molecular flexibility index (Phi) is 4.39. The summed E-state index contributed by atoms with van der Waals surface area (Å²) < 4.78 is 0. The molecular weight excluding hydrogens is 234 g/mol. The highest BCUT2D eigenvalue weighted by Crippen LogP contribution is 2.28. The smallest absolute Gasteiger partial charge is 0.0542 e. The molecule has 1 aliphatic heterocycles. The van der Waals surface area contributed by atoms with Crippen molar-refractivity contribution in [2.45, 2.75) is 19.4 Å². The van der Waals surface area contributed by atoms with Gasteiger partial charge in [-0.25, -0.2) is 0 Å². The Labute approximate surface area is 115 Å². The molecule has 2 unspecified atom stereocenters. The van der Waals surface area contributed by atoms with Crippen LogP contribution >= 0.6 is 0 Å². The summed E-state index contributed by atoms with van der Waals surface area (Å²) in [6.07, 6.45) is 13.6. The molecule has 0 aromatic heterocycles. The minimum absolute atomic E-state index is 0.440. The number of hydrogen-bond acceptors (Lipinski definition) is 3. The van der Waals surface area contributed by atoms with Crippen LogP contribution in [0, 0.1) is 5.92 Å². The summed E-state index contributed by atoms with van der Waals surface area (Å²) in [5.41, 5.74) is 3.37. The molecule has 0 aromatic rings. The lowest BCUT2D eigenvalue weighted by atomic mass is 9.90. The third-order valence-corrected chi connectivity index (χ3v) is 3.54. The highest BCUT2D eigenvalue weighted by molar-refractivity contribution is 5.32. The maximum Gasteiger partial charge on any atom is 0.0542 e. The number of nitrogens with zero attached hydrogens (tertiary/aromatic N) is 1. The second kappa shape index (κ2) is 6.23. The number of hydrogen-bond donors (Lipinski definition) is 2. The van der Waals surface area contributed by atoms with Gasteiger partial charge in [0.2, 0.25) is 0 Å². The fourth-order valence-electron chi connectivity index (χ4n) is 2.37. The van der Waals surface area contributed by atoms with E-state index in [0.717, 1.165) is 24.2 Å². The molecule has 0 saturated carbocycles. The number of allylic oxidation sites excluding steroid dienone is 3. The number of nitrogens with one attached hydrogen (secondary N) is 2. The summed E-state index contributed by atoms with van der Waals surface area (Å²) in [5.74, 6) is 0.506. The summed E-state index contributed by atoms with van der Waals surface area (Å²) in [6, 6.07) is 0.440. The van der Waals surface area contributed by atoms with Crippen LogP contribution in [0.3, 0.4) is 0 Å². The molecule has 2 atom stereocenters. The molecule has 2 aliphatic rings. The Morgan fingerprint density at radius 2 is 2.26 bits per heavy atom. The molecular formula is C16H21N3. The molecule has 19 heavy (non-hydrogen) atoms. The van der Waals surface area contributed by atoms with Crippen LogP contribution in [0.4, 0.5) is 0 Å². The molecule has 0 spiro atoms. The van der Waals surface area contributed by atoms with E-state index in [1.54, 1.807) is 6.20 Å². The van der Waals surface area contributed by atoms with Crippen molar-refractivity contribution in [3.63, 3.8) is 0 Å². The molecule has 0 saturated heterocycles. The van der Waals surface area contributed by atoms with Gasteiger partial charge in [0.25, 0.3) is 0 Å². The summed E-state index contributed by atoms with van der Waals surface area (Å²) >= 11 is 0. The molecule has 100 valence electrons. The van der Waals surface area contributed by atoms with Crippen LogP contribution in [0.2, 0.25) is 0 Å². The van der Waals surface area contributed by atoms with Crippen LogP contribution in [-0.4, -0.2) is 19.3 Å². The number of aliphatic imine (C=N–C) groups is 1. The minimum Gasteiger partial charge on any atom is -0.385 e. The van der Waals surface area contributed by atoms with E-state index < -0.39 is 0 Å². The van der Waals surface area contributed by atoms with E-state index in [0.29, 0.717) is 12.0 Å². The lowest BCUT2D eigenvalue weighted by Gasteiger charge is -2.19. The van der Waals surface area contributed by atoms with E-state index in [2.05, 4.69) is 59.4 Å². The van der Waals surface area contributed by atoms with Crippen LogP contribution in [0.25, 0.3) is 0 Å². The van der Waals surface area contributed by atoms with Crippen molar-refractivity contribution in [1.82, 2.24) is 10.6 Å². The largest absolute Gasteiger partial charge is 0.385 e. The molecule has 0 bridgehead atoms. The third kappa shape index (κ3) is 3.25. The lowest BCUT2D eigenvalue weighted by molar-refractivity contribution is 0.612. The fraction of sp³-hybridized carbons (Fsp3) is 0.312. The maximum absolute atomic E-state index is 3.99. The zero-order valence-corrected chi connectivity index (χ0v) is 11.4. The molecule has 3 nitrogen and oxygen atoms in total. The van der Waals surface area contributed by atoms with E-state index >= 15 is 0 Å². The van der Waals surface area contributed by atoms with Crippen molar-refractivity contribution >= 4 is 6.72 Å². The summed E-state index contributed by atoms with van der Waals surface area (Å²) in [4.78, 5) is 3.75. The van der Waals surface area contributed by atoms with Crippen molar-refractivity contribution < 1.29 is 0 Å². The minimum atomic E-state index is 0.440. The highest BCUT2D eigenvalue weighted by atomic mass is 14.9. The molecule has 0 aromatic carbocycles. The Morgan fingerprint density at radius 3 is 3.05 bits per heavy atom. The van der Waals surface area contributed by atoms with Crippen LogP contribution < -0.4 is 10.6 Å². The van der Waals surface area contributed by atoms with Crippen molar-refractivity contribution in [2.24, 2.45) is 10.9 Å². The van der Waals surface area contributed by atoms with Gasteiger partial charge in [-0.2, -0.15) is 0 Å². The summed E-state index contributed by atoms with van der Waals surface area (Å²) in [7, 11) is 0. The van der Waals surface area contributed by atoms with Crippen molar-refractivity contribution in [1.29, 1.82) is 0 Å². The first kappa shape index (κ1) is 13.4. The molecule has 0 fully saturated rings. The highest BCUT2D eigenvalue weighted by Gasteiger charge is 2.25. The Bertz CT molecular complexity index is 480. The van der Waals surface area contributed by atoms with Crippen molar-refractivity contribution in [3.05, 3.63) is 60.1 Å². The number of fused-ring (bicyclic) bond motifs is 1. The molecule has 0 amide bonds. The molecule has 3 heteroatoms. The maximum atomic E-state index is 3.99. The Morgan fingerprint density at radius 1 is 1.47 bits per heavy atom. The molecule has 1 aliphatic carbocycles. The van der Waals surface area contributed by atoms with E-state index in [1.807, 2.05) is 6.92 Å². The lowest BCUT2D eigenvalue weighted by Crippen LogP contribution is -2.25. The summed E-state index contributed by atoms with van der Waals surface area (Å²) in [5, 5.41) is 6.73. The molecule has 2 rings (SSSR count). The molecule has 2 N–H and O–H groups in total. The van der Waals surface area contributed by atoms with Gasteiger partial charge in [-0.3, -0.25) is 4.99 Å². The zero-order chi connectivity index (χ0) is 13.7. The van der Waals surface area contributed by atoms with Gasteiger partial charge in [-0.05, 0) is 37.4 Å². The van der Waals surface area contributed by atoms with Gasteiger partial charge in [0.1, 0.15) is 0 Å². The second-order valence-corrected chi connectivity index (χ2v) is 4.86. The van der Waals surface area contributed by atoms with Gasteiger partial charge >= 0.3 is 0 Å². The predicted molar refractivity (Wildman–Crippen MR) is 81.8 cm³/mol. The predicted octanol–water partition coefficient (Wildman–Crippen LogP) is 2.68. The Hall–Kier alpha value is -2.03. The molecule has 0 radical (unpaired) electrons. The van der Waals surface area contributed by atoms with Crippen LogP contribution in [-0.2, 0) is 0 Å². The average molecular weight is 255 g/mol. The van der Waals surface area contributed by atoms with Gasteiger partial charge < -0.3 is 10.6 Å². The third-order valence-electron chi connectivity index (χ3n) is 3.54.